The molecule has 0 atom stereocenters. The molecule has 0 bridgehead atoms. The molecule has 2 aromatic rings. The molecule has 8 heteroatoms. The van der Waals surface area contributed by atoms with Gasteiger partial charge in [-0.15, -0.1) is 0 Å². The molecule has 0 radical (unpaired) electrons. The lowest BCUT2D eigenvalue weighted by atomic mass is 10.0. The summed E-state index contributed by atoms with van der Waals surface area (Å²) in [6.45, 7) is 7.00. The van der Waals surface area contributed by atoms with Gasteiger partial charge in [0, 0.05) is 30.4 Å². The SMILES string of the molecule is CCCCCCCCCCCCCCN(CCCCCCCCCCCCCC)c1ccc(/C=C/c2cc[n+](C)cc2Br)cc1.COS(=O)(=O)[O-]. The molecule has 2 rings (SSSR count). The van der Waals surface area contributed by atoms with Crippen LogP contribution in [0, 0.1) is 0 Å². The molecule has 0 unspecified atom stereocenters. The van der Waals surface area contributed by atoms with E-state index < -0.39 is 10.4 Å². The Kier molecular flexibility index (Phi) is 29.4. The Bertz CT molecular complexity index is 1210. The van der Waals surface area contributed by atoms with Crippen molar-refractivity contribution in [3.8, 4) is 0 Å². The molecule has 1 heterocycles. The van der Waals surface area contributed by atoms with Crippen molar-refractivity contribution in [1.29, 1.82) is 0 Å². The predicted molar refractivity (Wildman–Crippen MR) is 222 cm³/mol. The van der Waals surface area contributed by atoms with Crippen molar-refractivity contribution in [3.05, 3.63) is 58.3 Å². The molecule has 0 fully saturated rings. The molecule has 51 heavy (non-hydrogen) atoms. The van der Waals surface area contributed by atoms with Crippen LogP contribution in [-0.2, 0) is 21.6 Å². The third kappa shape index (κ3) is 27.5. The fourth-order valence-electron chi connectivity index (χ4n) is 6.35. The zero-order chi connectivity index (χ0) is 37.4. The number of halogens is 1. The van der Waals surface area contributed by atoms with Crippen LogP contribution in [0.1, 0.15) is 179 Å². The number of aryl methyl sites for hydroxylation is 1. The van der Waals surface area contributed by atoms with Gasteiger partial charge in [0.1, 0.15) is 7.05 Å². The molecule has 0 N–H and O–H groups in total. The van der Waals surface area contributed by atoms with E-state index in [2.05, 4.69) is 105 Å². The summed E-state index contributed by atoms with van der Waals surface area (Å²) in [5, 5.41) is 0. The van der Waals surface area contributed by atoms with Gasteiger partial charge >= 0.3 is 0 Å². The maximum atomic E-state index is 9.22. The third-order valence-corrected chi connectivity index (χ3v) is 10.6. The molecule has 292 valence electrons. The van der Waals surface area contributed by atoms with E-state index in [1.165, 1.54) is 184 Å². The van der Waals surface area contributed by atoms with Crippen molar-refractivity contribution in [3.63, 3.8) is 0 Å². The first-order chi connectivity index (χ1) is 24.7. The van der Waals surface area contributed by atoms with Gasteiger partial charge in [0.05, 0.1) is 11.6 Å². The lowest BCUT2D eigenvalue weighted by molar-refractivity contribution is -0.672. The second kappa shape index (κ2) is 31.8. The number of hydrogen-bond acceptors (Lipinski definition) is 5. The summed E-state index contributed by atoms with van der Waals surface area (Å²) in [5.74, 6) is 0. The first-order valence-electron chi connectivity index (χ1n) is 20.4. The van der Waals surface area contributed by atoms with Crippen LogP contribution >= 0.6 is 15.9 Å². The van der Waals surface area contributed by atoms with E-state index in [1.54, 1.807) is 0 Å². The van der Waals surface area contributed by atoms with Crippen LogP contribution in [0.3, 0.4) is 0 Å². The Hall–Kier alpha value is -1.74. The van der Waals surface area contributed by atoms with Gasteiger partial charge in [-0.05, 0) is 46.5 Å². The largest absolute Gasteiger partial charge is 0.726 e. The molecule has 0 aliphatic heterocycles. The molecule has 0 saturated carbocycles. The van der Waals surface area contributed by atoms with Crippen LogP contribution in [0.25, 0.3) is 12.2 Å². The third-order valence-electron chi connectivity index (χ3n) is 9.56. The summed E-state index contributed by atoms with van der Waals surface area (Å²) in [4.78, 5) is 2.67. The predicted octanol–water partition coefficient (Wildman–Crippen LogP) is 12.7. The van der Waals surface area contributed by atoms with Crippen LogP contribution in [0.4, 0.5) is 5.69 Å². The highest BCUT2D eigenvalue weighted by Gasteiger charge is 2.07. The highest BCUT2D eigenvalue weighted by molar-refractivity contribution is 9.10. The summed E-state index contributed by atoms with van der Waals surface area (Å²) in [5.41, 5.74) is 3.86. The maximum absolute atomic E-state index is 9.22. The Morgan fingerprint density at radius 1 is 0.647 bits per heavy atom. The van der Waals surface area contributed by atoms with E-state index in [-0.39, 0.29) is 0 Å². The first-order valence-corrected chi connectivity index (χ1v) is 22.5. The van der Waals surface area contributed by atoms with Gasteiger partial charge in [0.15, 0.2) is 12.4 Å². The molecule has 0 amide bonds. The van der Waals surface area contributed by atoms with Gasteiger partial charge in [-0.1, -0.05) is 179 Å². The Morgan fingerprint density at radius 2 is 1.02 bits per heavy atom. The normalized spacial score (nSPS) is 11.6. The number of aromatic nitrogens is 1. The number of nitrogens with zero attached hydrogens (tertiary/aromatic N) is 2. The summed E-state index contributed by atoms with van der Waals surface area (Å²) < 4.78 is 34.2. The molecule has 1 aromatic heterocycles. The molecule has 6 nitrogen and oxygen atoms in total. The van der Waals surface area contributed by atoms with Crippen molar-refractivity contribution < 1.29 is 21.7 Å². The smallest absolute Gasteiger partial charge is 0.217 e. The highest BCUT2D eigenvalue weighted by Crippen LogP contribution is 2.22. The quantitative estimate of drug-likeness (QED) is 0.0341. The zero-order valence-corrected chi connectivity index (χ0v) is 35.3. The minimum Gasteiger partial charge on any atom is -0.726 e. The number of unbranched alkanes of at least 4 members (excludes halogenated alkanes) is 22. The van der Waals surface area contributed by atoms with Gasteiger partial charge in [0.25, 0.3) is 0 Å². The number of hydrogen-bond donors (Lipinski definition) is 0. The number of anilines is 1. The maximum Gasteiger partial charge on any atom is 0.217 e. The highest BCUT2D eigenvalue weighted by atomic mass is 79.9. The van der Waals surface area contributed by atoms with Gasteiger partial charge < -0.3 is 9.45 Å². The number of rotatable bonds is 30. The summed E-state index contributed by atoms with van der Waals surface area (Å²) in [6.07, 6.45) is 42.5. The number of benzene rings is 1. The average Bonchev–Trinajstić information content (AvgIpc) is 3.11. The van der Waals surface area contributed by atoms with Crippen LogP contribution in [0.5, 0.6) is 0 Å². The van der Waals surface area contributed by atoms with E-state index in [4.69, 9.17) is 0 Å². The summed E-state index contributed by atoms with van der Waals surface area (Å²) >= 11 is 3.69. The minimum atomic E-state index is -4.41. The van der Waals surface area contributed by atoms with Crippen molar-refractivity contribution in [2.75, 3.05) is 25.1 Å². The van der Waals surface area contributed by atoms with E-state index in [9.17, 15) is 13.0 Å². The summed E-state index contributed by atoms with van der Waals surface area (Å²) in [7, 11) is -1.55. The Labute approximate surface area is 322 Å². The van der Waals surface area contributed by atoms with Crippen LogP contribution in [0.2, 0.25) is 0 Å². The summed E-state index contributed by atoms with van der Waals surface area (Å²) in [6, 6.07) is 11.4. The standard InChI is InChI=1S/C42H70BrN2.CH4O4S/c1-4-6-8-10-12-14-16-18-20-22-24-26-35-45(36-27-25-23-21-19-17-15-13-11-9-7-5-2)41-32-29-39(30-33-41)28-31-40-34-37-44(3)38-42(40)43;1-5-6(2,3)4/h28-34,37-38H,4-27,35-36H2,1-3H3;1H3,(H,2,3,4)/q+1;/p-1. The van der Waals surface area contributed by atoms with Crippen LogP contribution in [-0.4, -0.2) is 33.2 Å². The fraction of sp³-hybridized carbons (Fsp3) is 0.698. The average molecular weight is 794 g/mol. The second-order valence-corrected chi connectivity index (χ2v) is 16.2. The van der Waals surface area contributed by atoms with Gasteiger partial charge in [-0.3, -0.25) is 4.18 Å². The first kappa shape index (κ1) is 47.3. The molecule has 1 aromatic carbocycles. The minimum absolute atomic E-state index is 0.808. The molecular formula is C43H73BrN2O4S. The van der Waals surface area contributed by atoms with Gasteiger partial charge in [-0.2, -0.15) is 0 Å². The Morgan fingerprint density at radius 3 is 1.37 bits per heavy atom. The van der Waals surface area contributed by atoms with Crippen molar-refractivity contribution >= 4 is 44.2 Å². The molecule has 0 aliphatic rings. The molecule has 0 saturated heterocycles. The zero-order valence-electron chi connectivity index (χ0n) is 32.9. The van der Waals surface area contributed by atoms with Gasteiger partial charge in [-0.25, -0.2) is 13.0 Å². The van der Waals surface area contributed by atoms with E-state index >= 15 is 0 Å². The lowest BCUT2D eigenvalue weighted by Crippen LogP contribution is -2.26. The van der Waals surface area contributed by atoms with Gasteiger partial charge in [0.2, 0.25) is 10.4 Å². The van der Waals surface area contributed by atoms with Crippen molar-refractivity contribution in [2.24, 2.45) is 7.05 Å². The molecule has 0 spiro atoms. The fourth-order valence-corrected chi connectivity index (χ4v) is 6.94. The monoisotopic (exact) mass is 792 g/mol. The van der Waals surface area contributed by atoms with Crippen LogP contribution in [0.15, 0.2) is 47.2 Å². The second-order valence-electron chi connectivity index (χ2n) is 14.2. The Balaban J connectivity index is 0.00000198. The molecule has 0 aliphatic carbocycles. The lowest BCUT2D eigenvalue weighted by Gasteiger charge is -2.25. The van der Waals surface area contributed by atoms with E-state index in [0.717, 1.165) is 11.6 Å². The van der Waals surface area contributed by atoms with Crippen molar-refractivity contribution in [1.82, 2.24) is 0 Å². The van der Waals surface area contributed by atoms with E-state index in [0.29, 0.717) is 0 Å². The van der Waals surface area contributed by atoms with Crippen molar-refractivity contribution in [2.45, 2.75) is 168 Å². The molecular weight excluding hydrogens is 720 g/mol. The van der Waals surface area contributed by atoms with Crippen LogP contribution < -0.4 is 9.47 Å². The number of pyridine rings is 1. The van der Waals surface area contributed by atoms with E-state index in [1.807, 2.05) is 0 Å². The topological polar surface area (TPSA) is 73.5 Å².